The van der Waals surface area contributed by atoms with Gasteiger partial charge in [0.15, 0.2) is 0 Å². The molecule has 0 bridgehead atoms. The molecule has 0 aromatic carbocycles. The van der Waals surface area contributed by atoms with Gasteiger partial charge in [-0.25, -0.2) is 0 Å². The molecular formula is C15H30N2O2. The highest BCUT2D eigenvalue weighted by Crippen LogP contribution is 2.20. The summed E-state index contributed by atoms with van der Waals surface area (Å²) in [6.07, 6.45) is 5.20. The van der Waals surface area contributed by atoms with Crippen LogP contribution < -0.4 is 5.32 Å². The first kappa shape index (κ1) is 16.4. The lowest BCUT2D eigenvalue weighted by Crippen LogP contribution is -2.50. The topological polar surface area (TPSA) is 52.6 Å². The number of nitrogens with one attached hydrogen (secondary N) is 1. The van der Waals surface area contributed by atoms with Gasteiger partial charge in [-0.05, 0) is 58.2 Å². The van der Waals surface area contributed by atoms with Crippen LogP contribution >= 0.6 is 0 Å². The van der Waals surface area contributed by atoms with E-state index in [-0.39, 0.29) is 0 Å². The number of carbonyl (C=O) groups is 1. The molecular weight excluding hydrogens is 240 g/mol. The molecule has 0 aromatic rings. The number of rotatable bonds is 9. The summed E-state index contributed by atoms with van der Waals surface area (Å²) in [5.74, 6) is 0.123. The van der Waals surface area contributed by atoms with E-state index in [1.807, 2.05) is 6.92 Å². The van der Waals surface area contributed by atoms with E-state index in [1.165, 1.54) is 25.9 Å². The van der Waals surface area contributed by atoms with Crippen molar-refractivity contribution in [2.45, 2.75) is 58.4 Å². The van der Waals surface area contributed by atoms with Gasteiger partial charge >= 0.3 is 5.97 Å². The average molecular weight is 270 g/mol. The fourth-order valence-electron chi connectivity index (χ4n) is 2.78. The molecule has 1 saturated heterocycles. The van der Waals surface area contributed by atoms with Crippen LogP contribution in [-0.2, 0) is 4.79 Å². The Kier molecular flexibility index (Phi) is 6.80. The van der Waals surface area contributed by atoms with Gasteiger partial charge in [-0.1, -0.05) is 20.3 Å². The number of nitrogens with zero attached hydrogens (tertiary/aromatic N) is 1. The summed E-state index contributed by atoms with van der Waals surface area (Å²) < 4.78 is 0. The van der Waals surface area contributed by atoms with Crippen LogP contribution in [0.5, 0.6) is 0 Å². The molecule has 0 saturated carbocycles. The molecule has 1 heterocycles. The van der Waals surface area contributed by atoms with Crippen LogP contribution in [0.4, 0.5) is 0 Å². The van der Waals surface area contributed by atoms with Gasteiger partial charge in [0.2, 0.25) is 0 Å². The highest BCUT2D eigenvalue weighted by atomic mass is 16.4. The molecule has 1 aliphatic rings. The number of hydrogen-bond donors (Lipinski definition) is 2. The Bertz CT molecular complexity index is 283. The molecule has 0 aromatic heterocycles. The van der Waals surface area contributed by atoms with Crippen LogP contribution in [0.1, 0.15) is 52.9 Å². The van der Waals surface area contributed by atoms with Gasteiger partial charge in [-0.2, -0.15) is 0 Å². The second kappa shape index (κ2) is 7.85. The molecule has 0 radical (unpaired) electrons. The highest BCUT2D eigenvalue weighted by molar-refractivity contribution is 5.78. The first-order valence-corrected chi connectivity index (χ1v) is 7.72. The van der Waals surface area contributed by atoms with E-state index in [9.17, 15) is 9.90 Å². The minimum Gasteiger partial charge on any atom is -0.480 e. The molecule has 0 aliphatic carbocycles. The zero-order valence-electron chi connectivity index (χ0n) is 12.7. The molecule has 112 valence electrons. The van der Waals surface area contributed by atoms with Crippen molar-refractivity contribution in [1.29, 1.82) is 0 Å². The number of aliphatic carboxylic acids is 1. The Morgan fingerprint density at radius 2 is 2.21 bits per heavy atom. The van der Waals surface area contributed by atoms with Gasteiger partial charge in [0.1, 0.15) is 5.54 Å². The second-order valence-electron chi connectivity index (χ2n) is 6.03. The summed E-state index contributed by atoms with van der Waals surface area (Å²) in [7, 11) is 0. The Labute approximate surface area is 117 Å². The second-order valence-corrected chi connectivity index (χ2v) is 6.03. The fraction of sp³-hybridized carbons (Fsp3) is 0.933. The van der Waals surface area contributed by atoms with Crippen LogP contribution in [0.15, 0.2) is 0 Å². The predicted octanol–water partition coefficient (Wildman–Crippen LogP) is 2.34. The average Bonchev–Trinajstić information content (AvgIpc) is 2.84. The highest BCUT2D eigenvalue weighted by Gasteiger charge is 2.32. The summed E-state index contributed by atoms with van der Waals surface area (Å²) in [5, 5.41) is 12.5. The van der Waals surface area contributed by atoms with E-state index in [4.69, 9.17) is 0 Å². The smallest absolute Gasteiger partial charge is 0.323 e. The molecule has 2 unspecified atom stereocenters. The quantitative estimate of drug-likeness (QED) is 0.675. The summed E-state index contributed by atoms with van der Waals surface area (Å²) >= 11 is 0. The summed E-state index contributed by atoms with van der Waals surface area (Å²) in [5.41, 5.74) is -0.764. The van der Waals surface area contributed by atoms with E-state index < -0.39 is 11.5 Å². The Morgan fingerprint density at radius 3 is 2.74 bits per heavy atom. The molecule has 0 spiro atoms. The maximum atomic E-state index is 11.4. The lowest BCUT2D eigenvalue weighted by molar-refractivity contribution is -0.144. The van der Waals surface area contributed by atoms with Crippen molar-refractivity contribution in [3.05, 3.63) is 0 Å². The molecule has 2 N–H and O–H groups in total. The summed E-state index contributed by atoms with van der Waals surface area (Å²) in [6, 6.07) is 0. The SMILES string of the molecule is CCCNC(C)(CCCN1CCC(CC)C1)C(=O)O. The van der Waals surface area contributed by atoms with Crippen molar-refractivity contribution in [3.8, 4) is 0 Å². The van der Waals surface area contributed by atoms with E-state index in [0.717, 1.165) is 31.8 Å². The predicted molar refractivity (Wildman–Crippen MR) is 78.4 cm³/mol. The molecule has 1 fully saturated rings. The van der Waals surface area contributed by atoms with E-state index in [2.05, 4.69) is 24.1 Å². The van der Waals surface area contributed by atoms with Gasteiger partial charge in [0.05, 0.1) is 0 Å². The monoisotopic (exact) mass is 270 g/mol. The van der Waals surface area contributed by atoms with E-state index in [1.54, 1.807) is 0 Å². The molecule has 4 heteroatoms. The number of carboxylic acids is 1. The van der Waals surface area contributed by atoms with Crippen molar-refractivity contribution in [2.24, 2.45) is 5.92 Å². The molecule has 0 amide bonds. The van der Waals surface area contributed by atoms with Crippen LogP contribution in [0.25, 0.3) is 0 Å². The summed E-state index contributed by atoms with van der Waals surface area (Å²) in [6.45, 7) is 10.3. The van der Waals surface area contributed by atoms with Gasteiger partial charge in [-0.15, -0.1) is 0 Å². The largest absolute Gasteiger partial charge is 0.480 e. The zero-order valence-corrected chi connectivity index (χ0v) is 12.7. The number of likely N-dealkylation sites (tertiary alicyclic amines) is 1. The molecule has 19 heavy (non-hydrogen) atoms. The third-order valence-corrected chi connectivity index (χ3v) is 4.34. The fourth-order valence-corrected chi connectivity index (χ4v) is 2.78. The standard InChI is InChI=1S/C15H30N2O2/c1-4-9-16-15(3,14(18)19)8-6-10-17-11-7-13(5-2)12-17/h13,16H,4-12H2,1-3H3,(H,18,19). The Balaban J connectivity index is 2.30. The van der Waals surface area contributed by atoms with Crippen LogP contribution in [0.3, 0.4) is 0 Å². The van der Waals surface area contributed by atoms with Crippen molar-refractivity contribution >= 4 is 5.97 Å². The minimum absolute atomic E-state index is 0.704. The van der Waals surface area contributed by atoms with Crippen LogP contribution in [-0.4, -0.2) is 47.7 Å². The number of hydrogen-bond acceptors (Lipinski definition) is 3. The third-order valence-electron chi connectivity index (χ3n) is 4.34. The molecule has 2 atom stereocenters. The summed E-state index contributed by atoms with van der Waals surface area (Å²) in [4.78, 5) is 13.9. The Morgan fingerprint density at radius 1 is 1.47 bits per heavy atom. The Hall–Kier alpha value is -0.610. The van der Waals surface area contributed by atoms with Gasteiger partial charge < -0.3 is 15.3 Å². The third kappa shape index (κ3) is 5.11. The zero-order chi connectivity index (χ0) is 14.3. The van der Waals surface area contributed by atoms with Gasteiger partial charge in [-0.3, -0.25) is 4.79 Å². The van der Waals surface area contributed by atoms with Crippen molar-refractivity contribution in [3.63, 3.8) is 0 Å². The maximum absolute atomic E-state index is 11.4. The first-order valence-electron chi connectivity index (χ1n) is 7.72. The number of carboxylic acid groups (broad SMARTS) is 1. The van der Waals surface area contributed by atoms with Crippen LogP contribution in [0, 0.1) is 5.92 Å². The van der Waals surface area contributed by atoms with Crippen molar-refractivity contribution in [2.75, 3.05) is 26.2 Å². The maximum Gasteiger partial charge on any atom is 0.323 e. The minimum atomic E-state index is -0.764. The van der Waals surface area contributed by atoms with E-state index in [0.29, 0.717) is 6.42 Å². The van der Waals surface area contributed by atoms with Crippen LogP contribution in [0.2, 0.25) is 0 Å². The van der Waals surface area contributed by atoms with Crippen molar-refractivity contribution in [1.82, 2.24) is 10.2 Å². The normalized spacial score (nSPS) is 23.4. The first-order chi connectivity index (χ1) is 9.01. The molecule has 4 nitrogen and oxygen atoms in total. The van der Waals surface area contributed by atoms with Crippen molar-refractivity contribution < 1.29 is 9.90 Å². The van der Waals surface area contributed by atoms with Gasteiger partial charge in [0.25, 0.3) is 0 Å². The van der Waals surface area contributed by atoms with E-state index >= 15 is 0 Å². The lowest BCUT2D eigenvalue weighted by atomic mass is 9.95. The molecule has 1 rings (SSSR count). The lowest BCUT2D eigenvalue weighted by Gasteiger charge is -2.27. The van der Waals surface area contributed by atoms with Gasteiger partial charge in [0, 0.05) is 6.54 Å². The molecule has 1 aliphatic heterocycles.